The van der Waals surface area contributed by atoms with Crippen LogP contribution in [0, 0.1) is 5.92 Å². The van der Waals surface area contributed by atoms with Crippen molar-refractivity contribution in [3.63, 3.8) is 0 Å². The van der Waals surface area contributed by atoms with Gasteiger partial charge in [-0.3, -0.25) is 4.79 Å². The van der Waals surface area contributed by atoms with E-state index in [0.29, 0.717) is 0 Å². The van der Waals surface area contributed by atoms with Crippen molar-refractivity contribution in [1.82, 2.24) is 0 Å². The van der Waals surface area contributed by atoms with Crippen LogP contribution in [0.15, 0.2) is 24.3 Å². The van der Waals surface area contributed by atoms with E-state index in [0.717, 1.165) is 18.7 Å². The van der Waals surface area contributed by atoms with Crippen molar-refractivity contribution in [2.24, 2.45) is 5.92 Å². The molecule has 0 aromatic heterocycles. The number of hydrogen-bond donors (Lipinski definition) is 0. The summed E-state index contributed by atoms with van der Waals surface area (Å²) in [5.41, 5.74) is 2.04. The van der Waals surface area contributed by atoms with Gasteiger partial charge in [-0.05, 0) is 25.0 Å². The van der Waals surface area contributed by atoms with Crippen LogP contribution in [-0.4, -0.2) is 18.9 Å². The number of nitrogens with zero attached hydrogens (tertiary/aromatic N) is 1. The summed E-state index contributed by atoms with van der Waals surface area (Å²) in [6.07, 6.45) is 2.53. The molecule has 0 unspecified atom stereocenters. The highest BCUT2D eigenvalue weighted by atomic mass is 16.1. The number of rotatable bonds is 3. The predicted molar refractivity (Wildman–Crippen MR) is 67.1 cm³/mol. The third-order valence-electron chi connectivity index (χ3n) is 3.13. The van der Waals surface area contributed by atoms with E-state index in [1.54, 1.807) is 0 Å². The van der Waals surface area contributed by atoms with E-state index in [1.807, 2.05) is 32.0 Å². The first-order valence-corrected chi connectivity index (χ1v) is 6.07. The Balaban J connectivity index is 2.22. The minimum absolute atomic E-state index is 0.0776. The fraction of sp³-hybridized carbons (Fsp3) is 0.500. The second-order valence-corrected chi connectivity index (χ2v) is 4.76. The molecule has 0 amide bonds. The average Bonchev–Trinajstić information content (AvgIpc) is 2.81. The predicted octanol–water partition coefficient (Wildman–Crippen LogP) is 3.13. The van der Waals surface area contributed by atoms with E-state index in [9.17, 15) is 4.79 Å². The molecular formula is C14H19NO. The summed E-state index contributed by atoms with van der Waals surface area (Å²) in [4.78, 5) is 14.3. The molecule has 1 aromatic rings. The van der Waals surface area contributed by atoms with Gasteiger partial charge in [0.15, 0.2) is 5.78 Å². The lowest BCUT2D eigenvalue weighted by atomic mass is 10.0. The number of carbonyl (C=O) groups excluding carboxylic acids is 1. The zero-order valence-electron chi connectivity index (χ0n) is 10.1. The summed E-state index contributed by atoms with van der Waals surface area (Å²) >= 11 is 0. The Morgan fingerprint density at radius 2 is 1.94 bits per heavy atom. The van der Waals surface area contributed by atoms with E-state index in [4.69, 9.17) is 0 Å². The van der Waals surface area contributed by atoms with Crippen molar-refractivity contribution in [2.45, 2.75) is 26.7 Å². The smallest absolute Gasteiger partial charge is 0.165 e. The van der Waals surface area contributed by atoms with E-state index >= 15 is 0 Å². The largest absolute Gasteiger partial charge is 0.372 e. The summed E-state index contributed by atoms with van der Waals surface area (Å²) in [5.74, 6) is 0.315. The Bertz CT molecular complexity index is 378. The van der Waals surface area contributed by atoms with Crippen molar-refractivity contribution in [3.8, 4) is 0 Å². The zero-order chi connectivity index (χ0) is 11.5. The van der Waals surface area contributed by atoms with Crippen LogP contribution < -0.4 is 4.90 Å². The summed E-state index contributed by atoms with van der Waals surface area (Å²) in [6, 6.07) is 8.04. The van der Waals surface area contributed by atoms with E-state index in [1.165, 1.54) is 18.5 Å². The molecule has 86 valence electrons. The second-order valence-electron chi connectivity index (χ2n) is 4.76. The lowest BCUT2D eigenvalue weighted by Gasteiger charge is -2.18. The molecule has 1 aromatic carbocycles. The Labute approximate surface area is 97.3 Å². The first-order chi connectivity index (χ1) is 7.68. The molecule has 1 heterocycles. The molecule has 0 saturated carbocycles. The SMILES string of the molecule is CC(C)C(=O)c1cccc(N2CCCC2)c1. The molecule has 0 radical (unpaired) electrons. The highest BCUT2D eigenvalue weighted by molar-refractivity contribution is 5.98. The Morgan fingerprint density at radius 1 is 1.25 bits per heavy atom. The second kappa shape index (κ2) is 4.69. The molecule has 16 heavy (non-hydrogen) atoms. The van der Waals surface area contributed by atoms with Crippen LogP contribution >= 0.6 is 0 Å². The fourth-order valence-electron chi connectivity index (χ4n) is 2.16. The van der Waals surface area contributed by atoms with Gasteiger partial charge in [0.05, 0.1) is 0 Å². The van der Waals surface area contributed by atoms with Crippen molar-refractivity contribution in [2.75, 3.05) is 18.0 Å². The zero-order valence-corrected chi connectivity index (χ0v) is 10.1. The number of hydrogen-bond acceptors (Lipinski definition) is 2. The molecule has 2 heteroatoms. The van der Waals surface area contributed by atoms with Crippen LogP contribution in [0.3, 0.4) is 0 Å². The van der Waals surface area contributed by atoms with Crippen LogP contribution in [0.25, 0.3) is 0 Å². The third-order valence-corrected chi connectivity index (χ3v) is 3.13. The summed E-state index contributed by atoms with van der Waals surface area (Å²) < 4.78 is 0. The monoisotopic (exact) mass is 217 g/mol. The summed E-state index contributed by atoms with van der Waals surface area (Å²) in [5, 5.41) is 0. The lowest BCUT2D eigenvalue weighted by molar-refractivity contribution is 0.0939. The molecular weight excluding hydrogens is 198 g/mol. The molecule has 2 nitrogen and oxygen atoms in total. The van der Waals surface area contributed by atoms with E-state index in [-0.39, 0.29) is 11.7 Å². The van der Waals surface area contributed by atoms with Gasteiger partial charge >= 0.3 is 0 Å². The molecule has 0 atom stereocenters. The standard InChI is InChI=1S/C14H19NO/c1-11(2)14(16)12-6-5-7-13(10-12)15-8-3-4-9-15/h5-7,10-11H,3-4,8-9H2,1-2H3. The molecule has 0 aliphatic carbocycles. The van der Waals surface area contributed by atoms with Gasteiger partial charge in [-0.2, -0.15) is 0 Å². The van der Waals surface area contributed by atoms with Crippen molar-refractivity contribution >= 4 is 11.5 Å². The lowest BCUT2D eigenvalue weighted by Crippen LogP contribution is -2.18. The first-order valence-electron chi connectivity index (χ1n) is 6.07. The van der Waals surface area contributed by atoms with Gasteiger partial charge in [0, 0.05) is 30.3 Å². The van der Waals surface area contributed by atoms with Crippen LogP contribution in [-0.2, 0) is 0 Å². The van der Waals surface area contributed by atoms with Crippen molar-refractivity contribution in [3.05, 3.63) is 29.8 Å². The minimum atomic E-state index is 0.0776. The maximum Gasteiger partial charge on any atom is 0.165 e. The van der Waals surface area contributed by atoms with Gasteiger partial charge in [0.2, 0.25) is 0 Å². The highest BCUT2D eigenvalue weighted by Crippen LogP contribution is 2.22. The van der Waals surface area contributed by atoms with E-state index < -0.39 is 0 Å². The number of benzene rings is 1. The van der Waals surface area contributed by atoms with Crippen LogP contribution in [0.2, 0.25) is 0 Å². The molecule has 1 aliphatic heterocycles. The normalized spacial score (nSPS) is 15.8. The first kappa shape index (κ1) is 11.2. The van der Waals surface area contributed by atoms with Gasteiger partial charge in [0.1, 0.15) is 0 Å². The molecule has 1 fully saturated rings. The van der Waals surface area contributed by atoms with Gasteiger partial charge in [-0.15, -0.1) is 0 Å². The molecule has 0 bridgehead atoms. The quantitative estimate of drug-likeness (QED) is 0.725. The Hall–Kier alpha value is -1.31. The van der Waals surface area contributed by atoms with Crippen LogP contribution in [0.4, 0.5) is 5.69 Å². The number of ketones is 1. The molecule has 2 rings (SSSR count). The average molecular weight is 217 g/mol. The Kier molecular flexibility index (Phi) is 3.28. The third kappa shape index (κ3) is 2.26. The highest BCUT2D eigenvalue weighted by Gasteiger charge is 2.15. The van der Waals surface area contributed by atoms with E-state index in [2.05, 4.69) is 11.0 Å². The summed E-state index contributed by atoms with van der Waals surface area (Å²) in [6.45, 7) is 6.15. The topological polar surface area (TPSA) is 20.3 Å². The fourth-order valence-corrected chi connectivity index (χ4v) is 2.16. The molecule has 1 saturated heterocycles. The molecule has 0 N–H and O–H groups in total. The minimum Gasteiger partial charge on any atom is -0.372 e. The number of carbonyl (C=O) groups is 1. The van der Waals surface area contributed by atoms with Gasteiger partial charge < -0.3 is 4.90 Å². The molecule has 1 aliphatic rings. The Morgan fingerprint density at radius 3 is 2.56 bits per heavy atom. The maximum atomic E-state index is 11.9. The summed E-state index contributed by atoms with van der Waals surface area (Å²) in [7, 11) is 0. The van der Waals surface area contributed by atoms with Crippen molar-refractivity contribution in [1.29, 1.82) is 0 Å². The maximum absolute atomic E-state index is 11.9. The number of anilines is 1. The van der Waals surface area contributed by atoms with Gasteiger partial charge in [0.25, 0.3) is 0 Å². The molecule has 0 spiro atoms. The van der Waals surface area contributed by atoms with Crippen LogP contribution in [0.1, 0.15) is 37.0 Å². The number of Topliss-reactive ketones (excluding diaryl/α,β-unsaturated/α-hetero) is 1. The van der Waals surface area contributed by atoms with Crippen molar-refractivity contribution < 1.29 is 4.79 Å². The van der Waals surface area contributed by atoms with Gasteiger partial charge in [-0.25, -0.2) is 0 Å². The van der Waals surface area contributed by atoms with Crippen LogP contribution in [0.5, 0.6) is 0 Å². The van der Waals surface area contributed by atoms with Gasteiger partial charge in [-0.1, -0.05) is 26.0 Å².